The maximum absolute atomic E-state index is 11.4. The van der Waals surface area contributed by atoms with E-state index in [9.17, 15) is 14.9 Å². The predicted molar refractivity (Wildman–Crippen MR) is 112 cm³/mol. The third-order valence-corrected chi connectivity index (χ3v) is 4.34. The average Bonchev–Trinajstić information content (AvgIpc) is 2.71. The Morgan fingerprint density at radius 1 is 1.28 bits per heavy atom. The largest absolute Gasteiger partial charge is 0.435 e. The van der Waals surface area contributed by atoms with Gasteiger partial charge in [0, 0.05) is 37.3 Å². The summed E-state index contributed by atoms with van der Waals surface area (Å²) in [4.78, 5) is 23.7. The SMILES string of the molecule is C=COC(=O)CCCN(CC)c1ccc(/N=N/c2ccc([N+](=O)[O-])cc2Cl)cc1. The van der Waals surface area contributed by atoms with Gasteiger partial charge in [0.05, 0.1) is 21.9 Å². The smallest absolute Gasteiger partial charge is 0.310 e. The number of nitro groups is 1. The van der Waals surface area contributed by atoms with Gasteiger partial charge >= 0.3 is 5.97 Å². The molecule has 2 aromatic carbocycles. The summed E-state index contributed by atoms with van der Waals surface area (Å²) in [7, 11) is 0. The van der Waals surface area contributed by atoms with E-state index in [1.807, 2.05) is 31.2 Å². The van der Waals surface area contributed by atoms with Gasteiger partial charge in [0.1, 0.15) is 5.69 Å². The number of nitrogens with zero attached hydrogens (tertiary/aromatic N) is 4. The topological polar surface area (TPSA) is 97.4 Å². The van der Waals surface area contributed by atoms with Gasteiger partial charge in [0.25, 0.3) is 5.69 Å². The molecule has 29 heavy (non-hydrogen) atoms. The number of carbonyl (C=O) groups is 1. The molecule has 152 valence electrons. The second kappa shape index (κ2) is 10.9. The van der Waals surface area contributed by atoms with Crippen molar-refractivity contribution in [3.63, 3.8) is 0 Å². The number of halogens is 1. The minimum absolute atomic E-state index is 0.101. The summed E-state index contributed by atoms with van der Waals surface area (Å²) in [5, 5.41) is 19.1. The van der Waals surface area contributed by atoms with Crippen molar-refractivity contribution in [2.75, 3.05) is 18.0 Å². The van der Waals surface area contributed by atoms with Gasteiger partial charge in [0.2, 0.25) is 0 Å². The Morgan fingerprint density at radius 3 is 2.59 bits per heavy atom. The van der Waals surface area contributed by atoms with E-state index in [1.165, 1.54) is 18.2 Å². The first-order valence-corrected chi connectivity index (χ1v) is 9.33. The minimum atomic E-state index is -0.520. The third kappa shape index (κ3) is 6.69. The van der Waals surface area contributed by atoms with Gasteiger partial charge < -0.3 is 9.64 Å². The van der Waals surface area contributed by atoms with Crippen LogP contribution < -0.4 is 4.90 Å². The highest BCUT2D eigenvalue weighted by atomic mass is 35.5. The van der Waals surface area contributed by atoms with Crippen LogP contribution in [0.3, 0.4) is 0 Å². The summed E-state index contributed by atoms with van der Waals surface area (Å²) in [6.45, 7) is 6.89. The van der Waals surface area contributed by atoms with Crippen molar-refractivity contribution in [3.05, 3.63) is 70.4 Å². The Hall–Kier alpha value is -3.26. The zero-order valence-electron chi connectivity index (χ0n) is 16.0. The first-order chi connectivity index (χ1) is 13.9. The van der Waals surface area contributed by atoms with E-state index in [2.05, 4.69) is 21.7 Å². The molecule has 0 aromatic heterocycles. The fourth-order valence-electron chi connectivity index (χ4n) is 2.57. The molecule has 0 saturated carbocycles. The molecule has 0 atom stereocenters. The molecule has 0 N–H and O–H groups in total. The molecule has 0 aliphatic carbocycles. The zero-order valence-corrected chi connectivity index (χ0v) is 16.7. The Labute approximate surface area is 173 Å². The zero-order chi connectivity index (χ0) is 21.2. The molecule has 0 unspecified atom stereocenters. The second-order valence-electron chi connectivity index (χ2n) is 5.95. The van der Waals surface area contributed by atoms with Crippen molar-refractivity contribution in [2.45, 2.75) is 19.8 Å². The molecule has 0 aliphatic heterocycles. The van der Waals surface area contributed by atoms with Crippen molar-refractivity contribution in [3.8, 4) is 0 Å². The van der Waals surface area contributed by atoms with E-state index < -0.39 is 4.92 Å². The predicted octanol–water partition coefficient (Wildman–Crippen LogP) is 5.96. The van der Waals surface area contributed by atoms with Crippen LogP contribution in [0.25, 0.3) is 0 Å². The number of azo groups is 1. The molecule has 0 aliphatic rings. The van der Waals surface area contributed by atoms with Gasteiger partial charge in [-0.15, -0.1) is 5.11 Å². The highest BCUT2D eigenvalue weighted by molar-refractivity contribution is 6.33. The van der Waals surface area contributed by atoms with E-state index in [-0.39, 0.29) is 16.7 Å². The number of benzene rings is 2. The number of carbonyl (C=O) groups excluding carboxylic acids is 1. The first kappa shape index (κ1) is 22.0. The Kier molecular flexibility index (Phi) is 8.29. The number of ether oxygens (including phenoxy) is 1. The molecule has 0 radical (unpaired) electrons. The van der Waals surface area contributed by atoms with E-state index in [0.29, 0.717) is 30.8 Å². The van der Waals surface area contributed by atoms with E-state index in [4.69, 9.17) is 16.3 Å². The molecule has 0 fully saturated rings. The summed E-state index contributed by atoms with van der Waals surface area (Å²) in [6.07, 6.45) is 2.13. The fraction of sp³-hybridized carbons (Fsp3) is 0.250. The molecule has 8 nitrogen and oxygen atoms in total. The molecule has 0 amide bonds. The van der Waals surface area contributed by atoms with Gasteiger partial charge in [-0.25, -0.2) is 0 Å². The van der Waals surface area contributed by atoms with Gasteiger partial charge in [-0.2, -0.15) is 5.11 Å². The number of non-ortho nitro benzene ring substituents is 1. The van der Waals surface area contributed by atoms with Crippen molar-refractivity contribution in [1.29, 1.82) is 0 Å². The summed E-state index contributed by atoms with van der Waals surface area (Å²) in [5.74, 6) is -0.295. The number of rotatable bonds is 10. The van der Waals surface area contributed by atoms with Gasteiger partial charge in [-0.05, 0) is 43.7 Å². The maximum atomic E-state index is 11.4. The van der Waals surface area contributed by atoms with Crippen molar-refractivity contribution in [1.82, 2.24) is 0 Å². The van der Waals surface area contributed by atoms with Gasteiger partial charge in [-0.1, -0.05) is 18.2 Å². The number of nitro benzene ring substituents is 1. The minimum Gasteiger partial charge on any atom is -0.435 e. The molecule has 2 rings (SSSR count). The molecule has 0 bridgehead atoms. The number of hydrogen-bond donors (Lipinski definition) is 0. The Bertz CT molecular complexity index is 900. The van der Waals surface area contributed by atoms with Crippen LogP contribution in [0.4, 0.5) is 22.7 Å². The molecule has 2 aromatic rings. The van der Waals surface area contributed by atoms with Crippen LogP contribution in [-0.2, 0) is 9.53 Å². The fourth-order valence-corrected chi connectivity index (χ4v) is 2.78. The van der Waals surface area contributed by atoms with E-state index >= 15 is 0 Å². The lowest BCUT2D eigenvalue weighted by Crippen LogP contribution is -2.24. The van der Waals surface area contributed by atoms with E-state index in [1.54, 1.807) is 0 Å². The van der Waals surface area contributed by atoms with E-state index in [0.717, 1.165) is 18.5 Å². The highest BCUT2D eigenvalue weighted by Crippen LogP contribution is 2.30. The molecule has 0 heterocycles. The maximum Gasteiger partial charge on any atom is 0.310 e. The molecule has 0 spiro atoms. The number of esters is 1. The second-order valence-corrected chi connectivity index (χ2v) is 6.36. The summed E-state index contributed by atoms with van der Waals surface area (Å²) in [6, 6.07) is 11.5. The first-order valence-electron chi connectivity index (χ1n) is 8.95. The van der Waals surface area contributed by atoms with Gasteiger partial charge in [0.15, 0.2) is 0 Å². The average molecular weight is 417 g/mol. The number of hydrogen-bond acceptors (Lipinski definition) is 7. The van der Waals surface area contributed by atoms with Crippen LogP contribution in [0.5, 0.6) is 0 Å². The molecule has 0 saturated heterocycles. The standard InChI is InChI=1S/C20H21ClN4O4/c1-3-24(13-5-6-20(26)29-4-2)16-9-7-15(8-10-16)22-23-19-12-11-17(25(27)28)14-18(19)21/h4,7-12,14H,2-3,5-6,13H2,1H3/b23-22+. The summed E-state index contributed by atoms with van der Waals surface area (Å²) < 4.78 is 4.71. The highest BCUT2D eigenvalue weighted by Gasteiger charge is 2.09. The lowest BCUT2D eigenvalue weighted by molar-refractivity contribution is -0.384. The summed E-state index contributed by atoms with van der Waals surface area (Å²) >= 11 is 6.01. The number of anilines is 1. The van der Waals surface area contributed by atoms with Crippen molar-refractivity contribution >= 4 is 40.3 Å². The Morgan fingerprint density at radius 2 is 2.00 bits per heavy atom. The van der Waals surface area contributed by atoms with Crippen molar-refractivity contribution < 1.29 is 14.5 Å². The quantitative estimate of drug-likeness (QED) is 0.156. The van der Waals surface area contributed by atoms with Crippen LogP contribution in [0.15, 0.2) is 65.5 Å². The van der Waals surface area contributed by atoms with Crippen LogP contribution in [0, 0.1) is 10.1 Å². The monoisotopic (exact) mass is 416 g/mol. The normalized spacial score (nSPS) is 10.7. The summed E-state index contributed by atoms with van der Waals surface area (Å²) in [5.41, 5.74) is 1.87. The van der Waals surface area contributed by atoms with Gasteiger partial charge in [-0.3, -0.25) is 14.9 Å². The Balaban J connectivity index is 1.99. The van der Waals surface area contributed by atoms with Crippen molar-refractivity contribution in [2.24, 2.45) is 10.2 Å². The van der Waals surface area contributed by atoms with Crippen LogP contribution >= 0.6 is 11.6 Å². The lowest BCUT2D eigenvalue weighted by atomic mass is 10.2. The molecular weight excluding hydrogens is 396 g/mol. The molecular formula is C20H21ClN4O4. The lowest BCUT2D eigenvalue weighted by Gasteiger charge is -2.22. The van der Waals surface area contributed by atoms with Crippen LogP contribution in [0.1, 0.15) is 19.8 Å². The van der Waals surface area contributed by atoms with Crippen LogP contribution in [0.2, 0.25) is 5.02 Å². The third-order valence-electron chi connectivity index (χ3n) is 4.04. The van der Waals surface area contributed by atoms with Crippen LogP contribution in [-0.4, -0.2) is 24.0 Å². The molecule has 9 heteroatoms.